The number of aliphatic hydroxyl groups excluding tert-OH is 1. The molecule has 1 saturated heterocycles. The van der Waals surface area contributed by atoms with Crippen molar-refractivity contribution in [2.24, 2.45) is 7.05 Å². The monoisotopic (exact) mass is 367 g/mol. The number of aliphatic hydroxyl groups is 1. The molecule has 2 aromatic heterocycles. The molecule has 8 nitrogen and oxygen atoms in total. The fourth-order valence-electron chi connectivity index (χ4n) is 3.70. The fourth-order valence-corrected chi connectivity index (χ4v) is 3.70. The van der Waals surface area contributed by atoms with Crippen LogP contribution < -0.4 is 16.0 Å². The highest BCUT2D eigenvalue weighted by molar-refractivity contribution is 5.75. The zero-order valence-corrected chi connectivity index (χ0v) is 15.1. The van der Waals surface area contributed by atoms with E-state index in [1.165, 1.54) is 4.57 Å². The van der Waals surface area contributed by atoms with Crippen LogP contribution in [0.4, 0.5) is 5.95 Å². The molecular weight excluding hydrogens is 346 g/mol. The van der Waals surface area contributed by atoms with Crippen molar-refractivity contribution in [2.75, 3.05) is 18.0 Å². The van der Waals surface area contributed by atoms with E-state index in [0.717, 1.165) is 23.9 Å². The van der Waals surface area contributed by atoms with Crippen molar-refractivity contribution >= 4 is 17.0 Å². The number of hydrogen-bond donors (Lipinski definition) is 1. The zero-order valence-electron chi connectivity index (χ0n) is 15.1. The number of aromatic nitrogens is 4. The average Bonchev–Trinajstić information content (AvgIpc) is 2.73. The molecule has 0 amide bonds. The molecule has 0 aliphatic carbocycles. The first-order valence-electron chi connectivity index (χ1n) is 8.97. The van der Waals surface area contributed by atoms with Crippen LogP contribution in [-0.2, 0) is 13.7 Å². The molecule has 140 valence electrons. The van der Waals surface area contributed by atoms with Gasteiger partial charge in [0.05, 0.1) is 17.6 Å². The quantitative estimate of drug-likeness (QED) is 0.689. The molecule has 3 heterocycles. The van der Waals surface area contributed by atoms with E-state index in [9.17, 15) is 9.59 Å². The Hall–Kier alpha value is -3.00. The summed E-state index contributed by atoms with van der Waals surface area (Å²) in [5, 5.41) is 9.10. The normalized spacial score (nSPS) is 15.4. The van der Waals surface area contributed by atoms with Gasteiger partial charge < -0.3 is 14.6 Å². The van der Waals surface area contributed by atoms with Crippen molar-refractivity contribution in [1.29, 1.82) is 0 Å². The maximum absolute atomic E-state index is 12.7. The summed E-state index contributed by atoms with van der Waals surface area (Å²) < 4.78 is 3.07. The summed E-state index contributed by atoms with van der Waals surface area (Å²) in [6.07, 6.45) is 4.69. The SMILES string of the molecule is Cn1c(=O)c(=O)n(C2CCN(c3ncc(CO)cn3)CC2)c2ccccc21. The van der Waals surface area contributed by atoms with E-state index >= 15 is 0 Å². The first kappa shape index (κ1) is 17.4. The molecule has 1 fully saturated rings. The van der Waals surface area contributed by atoms with E-state index in [2.05, 4.69) is 14.9 Å². The molecule has 0 atom stereocenters. The second-order valence-electron chi connectivity index (χ2n) is 6.80. The van der Waals surface area contributed by atoms with Crippen LogP contribution in [0.15, 0.2) is 46.2 Å². The van der Waals surface area contributed by atoms with Gasteiger partial charge >= 0.3 is 11.1 Å². The van der Waals surface area contributed by atoms with Gasteiger partial charge in [0.1, 0.15) is 0 Å². The second kappa shape index (κ2) is 6.96. The Labute approximate surface area is 155 Å². The molecule has 1 N–H and O–H groups in total. The molecule has 1 aliphatic heterocycles. The van der Waals surface area contributed by atoms with Crippen LogP contribution in [0, 0.1) is 0 Å². The van der Waals surface area contributed by atoms with Crippen molar-refractivity contribution in [2.45, 2.75) is 25.5 Å². The van der Waals surface area contributed by atoms with Crippen molar-refractivity contribution in [3.8, 4) is 0 Å². The minimum Gasteiger partial charge on any atom is -0.392 e. The van der Waals surface area contributed by atoms with Crippen LogP contribution in [0.25, 0.3) is 11.0 Å². The summed E-state index contributed by atoms with van der Waals surface area (Å²) in [5.41, 5.74) is 1.24. The van der Waals surface area contributed by atoms with Gasteiger partial charge in [0.15, 0.2) is 0 Å². The number of hydrogen-bond acceptors (Lipinski definition) is 6. The zero-order chi connectivity index (χ0) is 19.0. The molecule has 8 heteroatoms. The smallest absolute Gasteiger partial charge is 0.317 e. The molecule has 4 rings (SSSR count). The first-order valence-corrected chi connectivity index (χ1v) is 8.97. The van der Waals surface area contributed by atoms with Gasteiger partial charge in [-0.25, -0.2) is 9.97 Å². The van der Waals surface area contributed by atoms with Crippen molar-refractivity contribution < 1.29 is 5.11 Å². The van der Waals surface area contributed by atoms with Crippen LogP contribution in [0.3, 0.4) is 0 Å². The van der Waals surface area contributed by atoms with Crippen molar-refractivity contribution in [3.63, 3.8) is 0 Å². The Balaban J connectivity index is 1.63. The summed E-state index contributed by atoms with van der Waals surface area (Å²) >= 11 is 0. The number of anilines is 1. The Morgan fingerprint density at radius 3 is 2.30 bits per heavy atom. The van der Waals surface area contributed by atoms with Crippen LogP contribution in [0.2, 0.25) is 0 Å². The largest absolute Gasteiger partial charge is 0.392 e. The number of fused-ring (bicyclic) bond motifs is 1. The molecule has 3 aromatic rings. The number of nitrogens with zero attached hydrogens (tertiary/aromatic N) is 5. The topological polar surface area (TPSA) is 93.2 Å². The van der Waals surface area contributed by atoms with E-state index in [1.807, 2.05) is 24.3 Å². The fraction of sp³-hybridized carbons (Fsp3) is 0.368. The molecule has 0 radical (unpaired) electrons. The highest BCUT2D eigenvalue weighted by Gasteiger charge is 2.25. The Morgan fingerprint density at radius 1 is 1.04 bits per heavy atom. The molecule has 1 aliphatic rings. The standard InChI is InChI=1S/C19H21N5O3/c1-22-15-4-2-3-5-16(15)24(18(27)17(22)26)14-6-8-23(9-7-14)19-20-10-13(12-25)11-21-19/h2-5,10-11,14,25H,6-9,12H2,1H3. The van der Waals surface area contributed by atoms with Crippen LogP contribution in [0.5, 0.6) is 0 Å². The predicted molar refractivity (Wildman–Crippen MR) is 102 cm³/mol. The molecule has 1 aromatic carbocycles. The van der Waals surface area contributed by atoms with E-state index in [0.29, 0.717) is 24.6 Å². The summed E-state index contributed by atoms with van der Waals surface area (Å²) in [5.74, 6) is 0.617. The van der Waals surface area contributed by atoms with Gasteiger partial charge in [0.25, 0.3) is 0 Å². The number of benzene rings is 1. The van der Waals surface area contributed by atoms with Gasteiger partial charge in [-0.2, -0.15) is 0 Å². The van der Waals surface area contributed by atoms with E-state index < -0.39 is 11.1 Å². The summed E-state index contributed by atoms with van der Waals surface area (Å²) in [4.78, 5) is 35.7. The maximum Gasteiger partial charge on any atom is 0.317 e. The Kier molecular flexibility index (Phi) is 4.49. The number of para-hydroxylation sites is 2. The molecule has 0 unspecified atom stereocenters. The number of piperidine rings is 1. The molecule has 0 spiro atoms. The lowest BCUT2D eigenvalue weighted by Crippen LogP contribution is -2.45. The lowest BCUT2D eigenvalue weighted by molar-refractivity contribution is 0.281. The molecule has 27 heavy (non-hydrogen) atoms. The van der Waals surface area contributed by atoms with E-state index in [4.69, 9.17) is 5.11 Å². The second-order valence-corrected chi connectivity index (χ2v) is 6.80. The van der Waals surface area contributed by atoms with Gasteiger partial charge in [0.2, 0.25) is 5.95 Å². The lowest BCUT2D eigenvalue weighted by atomic mass is 10.0. The van der Waals surface area contributed by atoms with Gasteiger partial charge in [-0.15, -0.1) is 0 Å². The van der Waals surface area contributed by atoms with Crippen LogP contribution in [0.1, 0.15) is 24.4 Å². The Bertz CT molecular complexity index is 1080. The highest BCUT2D eigenvalue weighted by Crippen LogP contribution is 2.26. The van der Waals surface area contributed by atoms with Crippen LogP contribution >= 0.6 is 0 Å². The third-order valence-electron chi connectivity index (χ3n) is 5.20. The van der Waals surface area contributed by atoms with E-state index in [1.54, 1.807) is 24.0 Å². The molecule has 0 saturated carbocycles. The molecule has 0 bridgehead atoms. The summed E-state index contributed by atoms with van der Waals surface area (Å²) in [6, 6.07) is 7.46. The Morgan fingerprint density at radius 2 is 1.67 bits per heavy atom. The van der Waals surface area contributed by atoms with Gasteiger partial charge in [0, 0.05) is 44.1 Å². The minimum absolute atomic E-state index is 0.0377. The van der Waals surface area contributed by atoms with E-state index in [-0.39, 0.29) is 12.6 Å². The third-order valence-corrected chi connectivity index (χ3v) is 5.20. The number of aryl methyl sites for hydroxylation is 1. The number of rotatable bonds is 3. The van der Waals surface area contributed by atoms with Crippen molar-refractivity contribution in [3.05, 3.63) is 62.9 Å². The summed E-state index contributed by atoms with van der Waals surface area (Å²) in [7, 11) is 1.63. The average molecular weight is 367 g/mol. The first-order chi connectivity index (χ1) is 13.1. The minimum atomic E-state index is -0.501. The van der Waals surface area contributed by atoms with Gasteiger partial charge in [-0.05, 0) is 25.0 Å². The maximum atomic E-state index is 12.7. The van der Waals surface area contributed by atoms with Crippen LogP contribution in [-0.4, -0.2) is 37.3 Å². The predicted octanol–water partition coefficient (Wildman–Crippen LogP) is 0.824. The summed E-state index contributed by atoms with van der Waals surface area (Å²) in [6.45, 7) is 1.31. The van der Waals surface area contributed by atoms with Gasteiger partial charge in [-0.1, -0.05) is 12.1 Å². The highest BCUT2D eigenvalue weighted by atomic mass is 16.3. The lowest BCUT2D eigenvalue weighted by Gasteiger charge is -2.33. The van der Waals surface area contributed by atoms with Gasteiger partial charge in [-0.3, -0.25) is 14.2 Å². The third kappa shape index (κ3) is 3.02. The van der Waals surface area contributed by atoms with Crippen molar-refractivity contribution in [1.82, 2.24) is 19.1 Å². The molecular formula is C19H21N5O3.